The van der Waals surface area contributed by atoms with Gasteiger partial charge in [0, 0.05) is 21.7 Å². The lowest BCUT2D eigenvalue weighted by molar-refractivity contribution is 0.0607. The summed E-state index contributed by atoms with van der Waals surface area (Å²) in [6, 6.07) is 13.4. The van der Waals surface area contributed by atoms with Gasteiger partial charge in [-0.05, 0) is 71.0 Å². The second kappa shape index (κ2) is 9.11. The number of ether oxygens (including phenoxy) is 2. The third-order valence-corrected chi connectivity index (χ3v) is 3.88. The van der Waals surface area contributed by atoms with Gasteiger partial charge in [-0.3, -0.25) is 4.79 Å². The number of hydrogen-bond donors (Lipinski definition) is 1. The maximum Gasteiger partial charge on any atom is 0.408 e. The van der Waals surface area contributed by atoms with Crippen molar-refractivity contribution in [2.75, 3.05) is 0 Å². The fourth-order valence-electron chi connectivity index (χ4n) is 2.47. The lowest BCUT2D eigenvalue weighted by Gasteiger charge is -2.23. The van der Waals surface area contributed by atoms with E-state index < -0.39 is 17.7 Å². The summed E-state index contributed by atoms with van der Waals surface area (Å²) in [6.45, 7) is 9.36. The number of carbonyl (C=O) groups excluding carboxylic acids is 2. The van der Waals surface area contributed by atoms with Crippen molar-refractivity contribution in [3.63, 3.8) is 0 Å². The first-order valence-electron chi connectivity index (χ1n) is 9.10. The monoisotopic (exact) mass is 403 g/mol. The van der Waals surface area contributed by atoms with Crippen molar-refractivity contribution in [2.45, 2.75) is 52.4 Å². The van der Waals surface area contributed by atoms with Crippen LogP contribution >= 0.6 is 11.6 Å². The molecule has 2 aromatic carbocycles. The number of hydrogen-bond acceptors (Lipinski definition) is 4. The van der Waals surface area contributed by atoms with Gasteiger partial charge in [0.25, 0.3) is 0 Å². The van der Waals surface area contributed by atoms with E-state index in [-0.39, 0.29) is 11.9 Å². The molecule has 0 bridgehead atoms. The average molecular weight is 404 g/mol. The third kappa shape index (κ3) is 6.57. The van der Waals surface area contributed by atoms with Crippen LogP contribution < -0.4 is 10.1 Å². The molecule has 0 saturated heterocycles. The minimum Gasteiger partial charge on any atom is -0.491 e. The standard InChI is InChI=1S/C22H26ClNO4/c1-14(2)27-18-12-8-15(9-13-18)19(25)20(16-6-10-17(23)11-7-16)28-21(26)24-22(3,4)5/h6-14,20H,1-5H3,(H,24,26). The number of carbonyl (C=O) groups is 2. The number of amides is 1. The highest BCUT2D eigenvalue weighted by atomic mass is 35.5. The van der Waals surface area contributed by atoms with E-state index in [1.54, 1.807) is 48.5 Å². The van der Waals surface area contributed by atoms with E-state index in [4.69, 9.17) is 21.1 Å². The van der Waals surface area contributed by atoms with Crippen LogP contribution in [0.1, 0.15) is 56.6 Å². The van der Waals surface area contributed by atoms with Gasteiger partial charge in [-0.25, -0.2) is 4.79 Å². The molecule has 6 heteroatoms. The highest BCUT2D eigenvalue weighted by molar-refractivity contribution is 6.30. The molecule has 0 aliphatic heterocycles. The Balaban J connectivity index is 2.28. The quantitative estimate of drug-likeness (QED) is 0.640. The van der Waals surface area contributed by atoms with Crippen LogP contribution in [-0.4, -0.2) is 23.5 Å². The number of alkyl carbamates (subject to hydrolysis) is 1. The fraction of sp³-hybridized carbons (Fsp3) is 0.364. The molecule has 2 aromatic rings. The number of halogens is 1. The Morgan fingerprint density at radius 1 is 0.964 bits per heavy atom. The van der Waals surface area contributed by atoms with Crippen LogP contribution in [0, 0.1) is 0 Å². The van der Waals surface area contributed by atoms with Gasteiger partial charge in [0.2, 0.25) is 5.78 Å². The summed E-state index contributed by atoms with van der Waals surface area (Å²) in [7, 11) is 0. The summed E-state index contributed by atoms with van der Waals surface area (Å²) in [5.74, 6) is 0.337. The van der Waals surface area contributed by atoms with E-state index in [1.165, 1.54) is 0 Å². The SMILES string of the molecule is CC(C)Oc1ccc(C(=O)C(OC(=O)NC(C)(C)C)c2ccc(Cl)cc2)cc1. The van der Waals surface area contributed by atoms with E-state index >= 15 is 0 Å². The summed E-state index contributed by atoms with van der Waals surface area (Å²) in [4.78, 5) is 25.4. The van der Waals surface area contributed by atoms with Crippen LogP contribution in [0.3, 0.4) is 0 Å². The predicted molar refractivity (Wildman–Crippen MR) is 110 cm³/mol. The average Bonchev–Trinajstić information content (AvgIpc) is 2.59. The Hall–Kier alpha value is -2.53. The van der Waals surface area contributed by atoms with Gasteiger partial charge < -0.3 is 14.8 Å². The van der Waals surface area contributed by atoms with Crippen LogP contribution in [0.25, 0.3) is 0 Å². The molecule has 1 amide bonds. The molecule has 5 nitrogen and oxygen atoms in total. The molecule has 150 valence electrons. The Morgan fingerprint density at radius 3 is 2.04 bits per heavy atom. The van der Waals surface area contributed by atoms with Crippen molar-refractivity contribution in [1.82, 2.24) is 5.32 Å². The number of rotatable bonds is 6. The van der Waals surface area contributed by atoms with E-state index in [2.05, 4.69) is 5.32 Å². The van der Waals surface area contributed by atoms with Gasteiger partial charge in [-0.1, -0.05) is 23.7 Å². The van der Waals surface area contributed by atoms with Crippen LogP contribution in [-0.2, 0) is 4.74 Å². The van der Waals surface area contributed by atoms with Crippen molar-refractivity contribution in [3.05, 3.63) is 64.7 Å². The maximum absolute atomic E-state index is 13.1. The lowest BCUT2D eigenvalue weighted by atomic mass is 9.99. The zero-order valence-corrected chi connectivity index (χ0v) is 17.5. The zero-order chi connectivity index (χ0) is 20.9. The number of benzene rings is 2. The Bertz CT molecular complexity index is 808. The van der Waals surface area contributed by atoms with Gasteiger partial charge in [0.15, 0.2) is 6.10 Å². The van der Waals surface area contributed by atoms with E-state index in [1.807, 2.05) is 34.6 Å². The lowest BCUT2D eigenvalue weighted by Crippen LogP contribution is -2.42. The predicted octanol–water partition coefficient (Wildman–Crippen LogP) is 5.58. The summed E-state index contributed by atoms with van der Waals surface area (Å²) >= 11 is 5.95. The van der Waals surface area contributed by atoms with Crippen LogP contribution in [0.4, 0.5) is 4.79 Å². The minimum absolute atomic E-state index is 0.0350. The highest BCUT2D eigenvalue weighted by Crippen LogP contribution is 2.26. The first-order valence-corrected chi connectivity index (χ1v) is 9.48. The molecule has 28 heavy (non-hydrogen) atoms. The Morgan fingerprint density at radius 2 is 1.54 bits per heavy atom. The normalized spacial score (nSPS) is 12.4. The van der Waals surface area contributed by atoms with Crippen LogP contribution in [0.2, 0.25) is 5.02 Å². The van der Waals surface area contributed by atoms with Crippen molar-refractivity contribution < 1.29 is 19.1 Å². The summed E-state index contributed by atoms with van der Waals surface area (Å²) in [6.07, 6.45) is -1.72. The third-order valence-electron chi connectivity index (χ3n) is 3.62. The number of ketones is 1. The first kappa shape index (κ1) is 21.8. The highest BCUT2D eigenvalue weighted by Gasteiger charge is 2.28. The number of nitrogens with one attached hydrogen (secondary N) is 1. The van der Waals surface area contributed by atoms with Gasteiger partial charge in [-0.2, -0.15) is 0 Å². The van der Waals surface area contributed by atoms with Gasteiger partial charge in [-0.15, -0.1) is 0 Å². The van der Waals surface area contributed by atoms with Gasteiger partial charge in [0.05, 0.1) is 6.10 Å². The molecule has 1 unspecified atom stereocenters. The molecule has 2 rings (SSSR count). The molecular weight excluding hydrogens is 378 g/mol. The molecule has 0 aliphatic carbocycles. The minimum atomic E-state index is -1.09. The van der Waals surface area contributed by atoms with E-state index in [0.29, 0.717) is 21.9 Å². The van der Waals surface area contributed by atoms with Crippen molar-refractivity contribution in [3.8, 4) is 5.75 Å². The largest absolute Gasteiger partial charge is 0.491 e. The molecular formula is C22H26ClNO4. The first-order chi connectivity index (χ1) is 13.0. The number of Topliss-reactive ketones (excluding diaryl/α,β-unsaturated/α-hetero) is 1. The Labute approximate surface area is 171 Å². The second-order valence-corrected chi connectivity index (χ2v) is 8.20. The molecule has 1 N–H and O–H groups in total. The molecule has 0 aromatic heterocycles. The molecule has 0 radical (unpaired) electrons. The van der Waals surface area contributed by atoms with Crippen LogP contribution in [0.5, 0.6) is 5.75 Å². The molecule has 0 saturated carbocycles. The zero-order valence-electron chi connectivity index (χ0n) is 16.8. The fourth-order valence-corrected chi connectivity index (χ4v) is 2.60. The molecule has 0 aliphatic rings. The van der Waals surface area contributed by atoms with E-state index in [9.17, 15) is 9.59 Å². The smallest absolute Gasteiger partial charge is 0.408 e. The summed E-state index contributed by atoms with van der Waals surface area (Å²) in [5.41, 5.74) is 0.473. The molecule has 0 spiro atoms. The maximum atomic E-state index is 13.1. The van der Waals surface area contributed by atoms with Crippen LogP contribution in [0.15, 0.2) is 48.5 Å². The molecule has 0 heterocycles. The van der Waals surface area contributed by atoms with Gasteiger partial charge >= 0.3 is 6.09 Å². The second-order valence-electron chi connectivity index (χ2n) is 7.77. The molecule has 1 atom stereocenters. The topological polar surface area (TPSA) is 64.6 Å². The van der Waals surface area contributed by atoms with Crippen molar-refractivity contribution in [1.29, 1.82) is 0 Å². The molecule has 0 fully saturated rings. The summed E-state index contributed by atoms with van der Waals surface area (Å²) < 4.78 is 11.1. The van der Waals surface area contributed by atoms with Crippen molar-refractivity contribution >= 4 is 23.5 Å². The van der Waals surface area contributed by atoms with Gasteiger partial charge in [0.1, 0.15) is 5.75 Å². The summed E-state index contributed by atoms with van der Waals surface area (Å²) in [5, 5.41) is 3.24. The Kier molecular flexibility index (Phi) is 7.08. The van der Waals surface area contributed by atoms with E-state index in [0.717, 1.165) is 0 Å². The van der Waals surface area contributed by atoms with Crippen molar-refractivity contribution in [2.24, 2.45) is 0 Å².